The second-order valence-electron chi connectivity index (χ2n) is 3.38. The van der Waals surface area contributed by atoms with Crippen LogP contribution in [0.1, 0.15) is 27.2 Å². The molecule has 0 bridgehead atoms. The number of nitrogens with two attached hydrogens (primary N) is 1. The van der Waals surface area contributed by atoms with Crippen molar-refractivity contribution >= 4 is 17.7 Å². The molecule has 0 rings (SSSR count). The number of hydrogen-bond donors (Lipinski definition) is 3. The van der Waals surface area contributed by atoms with Crippen LogP contribution in [0.4, 0.5) is 0 Å². The van der Waals surface area contributed by atoms with Crippen molar-refractivity contribution in [1.29, 1.82) is 0 Å². The molecule has 0 heterocycles. The first-order valence-electron chi connectivity index (χ1n) is 4.38. The molecule has 1 atom stereocenters. The predicted octanol–water partition coefficient (Wildman–Crippen LogP) is 0.104. The van der Waals surface area contributed by atoms with Crippen molar-refractivity contribution in [2.45, 2.75) is 33.2 Å². The summed E-state index contributed by atoms with van der Waals surface area (Å²) in [6.07, 6.45) is -0.361. The molecule has 15 heavy (non-hydrogen) atoms. The number of rotatable bonds is 4. The molecule has 0 fully saturated rings. The number of carbonyl (C=O) groups is 3. The monoisotopic (exact) mass is 219 g/mol. The molecule has 0 aromatic heterocycles. The van der Waals surface area contributed by atoms with Gasteiger partial charge in [0, 0.05) is 0 Å². The van der Waals surface area contributed by atoms with Gasteiger partial charge in [-0.15, -0.1) is 0 Å². The smallest absolute Gasteiger partial charge is 0.320 e. The number of carboxylic acids is 2. The number of carboxylic acid groups (broad SMARTS) is 2. The molecule has 4 N–H and O–H groups in total. The van der Waals surface area contributed by atoms with Crippen LogP contribution in [0.25, 0.3) is 0 Å². The Labute approximate surface area is 88.1 Å². The number of aliphatic carboxylic acids is 2. The maximum atomic E-state index is 10.0. The molecule has 6 heteroatoms. The minimum atomic E-state index is -1.06. The fraction of sp³-hybridized carbons (Fsp3) is 0.667. The van der Waals surface area contributed by atoms with Crippen LogP contribution in [-0.4, -0.2) is 34.0 Å². The zero-order chi connectivity index (χ0) is 12.6. The van der Waals surface area contributed by atoms with Crippen LogP contribution in [0.2, 0.25) is 0 Å². The number of ketones is 1. The van der Waals surface area contributed by atoms with Gasteiger partial charge in [0.2, 0.25) is 0 Å². The first-order chi connectivity index (χ1) is 6.68. The average Bonchev–Trinajstić information content (AvgIpc) is 2.00. The van der Waals surface area contributed by atoms with E-state index in [9.17, 15) is 14.4 Å². The molecule has 0 aromatic rings. The Morgan fingerprint density at radius 2 is 1.60 bits per heavy atom. The summed E-state index contributed by atoms with van der Waals surface area (Å²) in [4.78, 5) is 29.5. The van der Waals surface area contributed by atoms with Crippen molar-refractivity contribution in [3.05, 3.63) is 0 Å². The lowest BCUT2D eigenvalue weighted by atomic mass is 10.1. The van der Waals surface area contributed by atoms with Crippen molar-refractivity contribution in [1.82, 2.24) is 0 Å². The largest absolute Gasteiger partial charge is 0.481 e. The first kappa shape index (κ1) is 16.0. The average molecular weight is 219 g/mol. The van der Waals surface area contributed by atoms with Crippen LogP contribution in [0.15, 0.2) is 0 Å². The minimum Gasteiger partial charge on any atom is -0.481 e. The lowest BCUT2D eigenvalue weighted by Gasteiger charge is -2.07. The summed E-state index contributed by atoms with van der Waals surface area (Å²) in [5.74, 6) is -2.28. The van der Waals surface area contributed by atoms with E-state index in [-0.39, 0.29) is 18.1 Å². The summed E-state index contributed by atoms with van der Waals surface area (Å²) in [6, 6.07) is -0.713. The summed E-state index contributed by atoms with van der Waals surface area (Å²) < 4.78 is 0. The van der Waals surface area contributed by atoms with E-state index in [2.05, 4.69) is 0 Å². The van der Waals surface area contributed by atoms with Gasteiger partial charge in [0.1, 0.15) is 18.2 Å². The van der Waals surface area contributed by atoms with Gasteiger partial charge in [-0.1, -0.05) is 13.8 Å². The SMILES string of the molecule is CC(=O)CC(=O)O.CC(C)C(N)C(=O)O. The summed E-state index contributed by atoms with van der Waals surface area (Å²) in [5, 5.41) is 16.1. The molecule has 88 valence electrons. The third-order valence-corrected chi connectivity index (χ3v) is 1.40. The highest BCUT2D eigenvalue weighted by molar-refractivity contribution is 5.93. The van der Waals surface area contributed by atoms with Crippen LogP contribution >= 0.6 is 0 Å². The molecule has 6 nitrogen and oxygen atoms in total. The topological polar surface area (TPSA) is 118 Å². The maximum Gasteiger partial charge on any atom is 0.320 e. The Bertz CT molecular complexity index is 225. The van der Waals surface area contributed by atoms with Crippen LogP contribution in [-0.2, 0) is 14.4 Å². The molecule has 0 aliphatic heterocycles. The predicted molar refractivity (Wildman–Crippen MR) is 53.4 cm³/mol. The zero-order valence-corrected chi connectivity index (χ0v) is 9.06. The van der Waals surface area contributed by atoms with E-state index >= 15 is 0 Å². The van der Waals surface area contributed by atoms with Crippen molar-refractivity contribution in [2.75, 3.05) is 0 Å². The van der Waals surface area contributed by atoms with Gasteiger partial charge in [-0.05, 0) is 12.8 Å². The molecular formula is C9H17NO5. The lowest BCUT2D eigenvalue weighted by molar-refractivity contribution is -0.140. The van der Waals surface area contributed by atoms with E-state index in [0.29, 0.717) is 0 Å². The van der Waals surface area contributed by atoms with Crippen molar-refractivity contribution in [3.63, 3.8) is 0 Å². The van der Waals surface area contributed by atoms with Crippen LogP contribution < -0.4 is 5.73 Å². The van der Waals surface area contributed by atoms with Gasteiger partial charge >= 0.3 is 11.9 Å². The highest BCUT2D eigenvalue weighted by Gasteiger charge is 2.14. The first-order valence-corrected chi connectivity index (χ1v) is 4.38. The molecule has 0 saturated carbocycles. The molecule has 0 aromatic carbocycles. The normalized spacial score (nSPS) is 11.3. The second-order valence-corrected chi connectivity index (χ2v) is 3.38. The standard InChI is InChI=1S/C5H11NO2.C4H6O3/c1-3(2)4(6)5(7)8;1-3(5)2-4(6)7/h3-4H,6H2,1-2H3,(H,7,8);2H2,1H3,(H,6,7). The van der Waals surface area contributed by atoms with Gasteiger partial charge in [-0.25, -0.2) is 0 Å². The quantitative estimate of drug-likeness (QED) is 0.577. The van der Waals surface area contributed by atoms with Gasteiger partial charge in [-0.2, -0.15) is 0 Å². The molecule has 0 spiro atoms. The minimum absolute atomic E-state index is 0.0208. The summed E-state index contributed by atoms with van der Waals surface area (Å²) >= 11 is 0. The summed E-state index contributed by atoms with van der Waals surface area (Å²) in [7, 11) is 0. The molecule has 0 amide bonds. The molecular weight excluding hydrogens is 202 g/mol. The van der Waals surface area contributed by atoms with Crippen LogP contribution in [0.5, 0.6) is 0 Å². The van der Waals surface area contributed by atoms with Gasteiger partial charge < -0.3 is 15.9 Å². The number of carbonyl (C=O) groups excluding carboxylic acids is 1. The second kappa shape index (κ2) is 7.93. The Balaban J connectivity index is 0. The third kappa shape index (κ3) is 12.6. The lowest BCUT2D eigenvalue weighted by Crippen LogP contribution is -2.34. The number of hydrogen-bond acceptors (Lipinski definition) is 4. The fourth-order valence-corrected chi connectivity index (χ4v) is 0.498. The molecule has 0 saturated heterocycles. The number of Topliss-reactive ketones (excluding diaryl/α,β-unsaturated/α-hetero) is 1. The van der Waals surface area contributed by atoms with E-state index in [4.69, 9.17) is 15.9 Å². The van der Waals surface area contributed by atoms with E-state index in [1.807, 2.05) is 0 Å². The maximum absolute atomic E-state index is 10.0. The summed E-state index contributed by atoms with van der Waals surface area (Å²) in [6.45, 7) is 4.80. The van der Waals surface area contributed by atoms with Crippen LogP contribution in [0.3, 0.4) is 0 Å². The Kier molecular flexibility index (Phi) is 8.46. The molecule has 0 aliphatic carbocycles. The van der Waals surface area contributed by atoms with Gasteiger partial charge in [0.05, 0.1) is 0 Å². The van der Waals surface area contributed by atoms with E-state index in [0.717, 1.165) is 0 Å². The van der Waals surface area contributed by atoms with Crippen molar-refractivity contribution < 1.29 is 24.6 Å². The van der Waals surface area contributed by atoms with Crippen LogP contribution in [0, 0.1) is 5.92 Å². The fourth-order valence-electron chi connectivity index (χ4n) is 0.498. The summed E-state index contributed by atoms with van der Waals surface area (Å²) in [5.41, 5.74) is 5.16. The van der Waals surface area contributed by atoms with E-state index < -0.39 is 18.0 Å². The Morgan fingerprint density at radius 3 is 1.60 bits per heavy atom. The van der Waals surface area contributed by atoms with Crippen molar-refractivity contribution in [2.24, 2.45) is 11.7 Å². The van der Waals surface area contributed by atoms with Crippen molar-refractivity contribution in [3.8, 4) is 0 Å². The highest BCUT2D eigenvalue weighted by atomic mass is 16.4. The highest BCUT2D eigenvalue weighted by Crippen LogP contribution is 1.96. The Morgan fingerprint density at radius 1 is 1.20 bits per heavy atom. The molecule has 0 radical (unpaired) electrons. The van der Waals surface area contributed by atoms with Gasteiger partial charge in [-0.3, -0.25) is 14.4 Å². The van der Waals surface area contributed by atoms with E-state index in [1.165, 1.54) is 6.92 Å². The molecule has 1 unspecified atom stereocenters. The Hall–Kier alpha value is -1.43. The zero-order valence-electron chi connectivity index (χ0n) is 9.06. The van der Waals surface area contributed by atoms with Gasteiger partial charge in [0.15, 0.2) is 0 Å². The third-order valence-electron chi connectivity index (χ3n) is 1.40. The van der Waals surface area contributed by atoms with E-state index in [1.54, 1.807) is 13.8 Å². The molecule has 0 aliphatic rings. The van der Waals surface area contributed by atoms with Gasteiger partial charge in [0.25, 0.3) is 0 Å².